The van der Waals surface area contributed by atoms with Gasteiger partial charge in [-0.25, -0.2) is 0 Å². The molecule has 0 radical (unpaired) electrons. The summed E-state index contributed by atoms with van der Waals surface area (Å²) in [6.45, 7) is 4.28. The molecule has 0 rings (SSSR count). The molecule has 0 aliphatic carbocycles. The van der Waals surface area contributed by atoms with Gasteiger partial charge in [0.05, 0.1) is 6.42 Å². The zero-order valence-electron chi connectivity index (χ0n) is 19.4. The molecule has 2 atom stereocenters. The van der Waals surface area contributed by atoms with Crippen molar-refractivity contribution in [1.82, 2.24) is 0 Å². The van der Waals surface area contributed by atoms with Crippen molar-refractivity contribution in [2.24, 2.45) is 0 Å². The number of esters is 1. The minimum atomic E-state index is -4.83. The summed E-state index contributed by atoms with van der Waals surface area (Å²) < 4.78 is 37.3. The summed E-state index contributed by atoms with van der Waals surface area (Å²) in [5, 5.41) is 6.74. The molecule has 2 unspecified atom stereocenters. The zero-order valence-corrected chi connectivity index (χ0v) is 21.2. The first kappa shape index (κ1) is 31.0. The minimum absolute atomic E-state index is 0. The van der Waals surface area contributed by atoms with Gasteiger partial charge in [-0.15, -0.1) is 0 Å². The van der Waals surface area contributed by atoms with E-state index < -0.39 is 39.8 Å². The zero-order chi connectivity index (χ0) is 21.4. The van der Waals surface area contributed by atoms with Crippen LogP contribution in [0.3, 0.4) is 0 Å². The van der Waals surface area contributed by atoms with E-state index in [0.717, 1.165) is 51.4 Å². The monoisotopic (exact) mass is 446 g/mol. The van der Waals surface area contributed by atoms with Crippen molar-refractivity contribution in [1.29, 1.82) is 0 Å². The largest absolute Gasteiger partial charge is 1.00 e. The number of hydrogen-bond donors (Lipinski definition) is 2. The van der Waals surface area contributed by atoms with E-state index in [4.69, 9.17) is 9.84 Å². The molecule has 168 valence electrons. The second-order valence-electron chi connectivity index (χ2n) is 7.42. The van der Waals surface area contributed by atoms with E-state index in [2.05, 4.69) is 13.8 Å². The molecule has 2 N–H and O–H groups in total. The van der Waals surface area contributed by atoms with Gasteiger partial charge in [0.25, 0.3) is 10.1 Å². The molecule has 29 heavy (non-hydrogen) atoms. The number of carbonyl (C=O) groups is 2. The molecule has 0 bridgehead atoms. The fourth-order valence-electron chi connectivity index (χ4n) is 3.10. The average Bonchev–Trinajstić information content (AvgIpc) is 2.60. The summed E-state index contributed by atoms with van der Waals surface area (Å²) in [4.78, 5) is 23.1. The Morgan fingerprint density at radius 3 is 1.66 bits per heavy atom. The van der Waals surface area contributed by atoms with Gasteiger partial charge in [-0.2, -0.15) is 8.42 Å². The Balaban J connectivity index is -0.00000364. The number of carbonyl (C=O) groups excluding carboxylic acids is 1. The van der Waals surface area contributed by atoms with Crippen LogP contribution < -0.4 is 29.6 Å². The Morgan fingerprint density at radius 2 is 1.28 bits per heavy atom. The number of unbranched alkanes of at least 4 members (excludes halogenated alkanes) is 9. The standard InChI is InChI=1S/C20H38O7S.Na.H/c1-3-5-7-9-11-13-15-17(14-12-10-8-6-4-2)27-20(23)18(16-19(21)22)28(24,25)26;;/h17-18H,3-16H2,1-2H3,(H,21,22)(H,24,25,26);;/q;+1;-1. The molecule has 0 heterocycles. The van der Waals surface area contributed by atoms with Crippen LogP contribution >= 0.6 is 0 Å². The third-order valence-corrected chi connectivity index (χ3v) is 5.85. The molecule has 0 aromatic rings. The van der Waals surface area contributed by atoms with Gasteiger partial charge >= 0.3 is 41.5 Å². The van der Waals surface area contributed by atoms with Crippen molar-refractivity contribution < 1.29 is 63.4 Å². The Bertz CT molecular complexity index is 543. The average molecular weight is 447 g/mol. The van der Waals surface area contributed by atoms with E-state index in [9.17, 15) is 22.6 Å². The summed E-state index contributed by atoms with van der Waals surface area (Å²) in [7, 11) is -4.83. The van der Waals surface area contributed by atoms with Gasteiger partial charge in [-0.3, -0.25) is 14.1 Å². The molecular weight excluding hydrogens is 407 g/mol. The number of carboxylic acids is 1. The Morgan fingerprint density at radius 1 is 0.862 bits per heavy atom. The molecule has 0 aliphatic rings. The van der Waals surface area contributed by atoms with E-state index in [1.54, 1.807) is 0 Å². The third kappa shape index (κ3) is 17.2. The summed E-state index contributed by atoms with van der Waals surface area (Å²) in [5.74, 6) is -2.65. The van der Waals surface area contributed by atoms with Gasteiger partial charge in [-0.05, 0) is 25.7 Å². The number of aliphatic carboxylic acids is 1. The smallest absolute Gasteiger partial charge is 1.00 e. The number of ether oxygens (including phenoxy) is 1. The van der Waals surface area contributed by atoms with Gasteiger partial charge in [0.2, 0.25) is 0 Å². The van der Waals surface area contributed by atoms with Crippen LogP contribution in [-0.2, 0) is 24.4 Å². The van der Waals surface area contributed by atoms with Gasteiger partial charge in [0.1, 0.15) is 6.10 Å². The minimum Gasteiger partial charge on any atom is -1.00 e. The van der Waals surface area contributed by atoms with Crippen LogP contribution in [0.15, 0.2) is 0 Å². The number of carboxylic acid groups (broad SMARTS) is 1. The van der Waals surface area contributed by atoms with Gasteiger partial charge in [0.15, 0.2) is 5.25 Å². The molecule has 0 saturated carbocycles. The van der Waals surface area contributed by atoms with Crippen molar-refractivity contribution in [2.75, 3.05) is 0 Å². The van der Waals surface area contributed by atoms with E-state index in [1.165, 1.54) is 19.3 Å². The summed E-state index contributed by atoms with van der Waals surface area (Å²) in [6.07, 6.45) is 11.6. The molecular formula is C20H39NaO7S. The Labute approximate surface area is 199 Å². The Kier molecular flexibility index (Phi) is 19.9. The first-order valence-electron chi connectivity index (χ1n) is 10.6. The second kappa shape index (κ2) is 18.6. The van der Waals surface area contributed by atoms with Crippen LogP contribution in [0.2, 0.25) is 0 Å². The van der Waals surface area contributed by atoms with Crippen LogP contribution in [0.4, 0.5) is 0 Å². The maximum Gasteiger partial charge on any atom is 1.00 e. The van der Waals surface area contributed by atoms with E-state index in [0.29, 0.717) is 12.8 Å². The summed E-state index contributed by atoms with van der Waals surface area (Å²) in [5.41, 5.74) is 0. The van der Waals surface area contributed by atoms with Crippen LogP contribution in [0.5, 0.6) is 0 Å². The molecule has 0 saturated heterocycles. The Hall–Kier alpha value is -0.150. The maximum absolute atomic E-state index is 12.2. The van der Waals surface area contributed by atoms with Crippen LogP contribution in [0, 0.1) is 0 Å². The van der Waals surface area contributed by atoms with Crippen molar-refractivity contribution in [2.45, 2.75) is 115 Å². The molecule has 0 spiro atoms. The van der Waals surface area contributed by atoms with Gasteiger partial charge in [-0.1, -0.05) is 71.6 Å². The third-order valence-electron chi connectivity index (χ3n) is 4.77. The second-order valence-corrected chi connectivity index (χ2v) is 9.02. The SMILES string of the molecule is CCCCCCCCC(CCCCCCC)OC(=O)C(CC(=O)O)S(=O)(=O)O.[H-].[Na+]. The van der Waals surface area contributed by atoms with Crippen LogP contribution in [0.25, 0.3) is 0 Å². The molecule has 0 aliphatic heterocycles. The molecule has 0 amide bonds. The fraction of sp³-hybridized carbons (Fsp3) is 0.900. The van der Waals surface area contributed by atoms with Crippen LogP contribution in [0.1, 0.15) is 105 Å². The molecule has 0 fully saturated rings. The predicted octanol–water partition coefficient (Wildman–Crippen LogP) is 1.86. The van der Waals surface area contributed by atoms with Crippen molar-refractivity contribution in [3.05, 3.63) is 0 Å². The van der Waals surface area contributed by atoms with Crippen molar-refractivity contribution >= 4 is 22.1 Å². The normalized spacial score (nSPS) is 13.3. The van der Waals surface area contributed by atoms with Crippen LogP contribution in [-0.4, -0.2) is 41.4 Å². The molecule has 9 heteroatoms. The predicted molar refractivity (Wildman–Crippen MR) is 110 cm³/mol. The first-order valence-corrected chi connectivity index (χ1v) is 12.1. The van der Waals surface area contributed by atoms with Crippen molar-refractivity contribution in [3.8, 4) is 0 Å². The van der Waals surface area contributed by atoms with Gasteiger partial charge in [0, 0.05) is 0 Å². The fourth-order valence-corrected chi connectivity index (χ4v) is 3.75. The maximum atomic E-state index is 12.2. The van der Waals surface area contributed by atoms with E-state index in [1.807, 2.05) is 0 Å². The number of hydrogen-bond acceptors (Lipinski definition) is 5. The van der Waals surface area contributed by atoms with E-state index >= 15 is 0 Å². The van der Waals surface area contributed by atoms with Crippen molar-refractivity contribution in [3.63, 3.8) is 0 Å². The molecule has 0 aromatic heterocycles. The van der Waals surface area contributed by atoms with E-state index in [-0.39, 0.29) is 31.0 Å². The summed E-state index contributed by atoms with van der Waals surface area (Å²) in [6, 6.07) is 0. The summed E-state index contributed by atoms with van der Waals surface area (Å²) >= 11 is 0. The number of rotatable bonds is 18. The van der Waals surface area contributed by atoms with Gasteiger partial charge < -0.3 is 11.3 Å². The topological polar surface area (TPSA) is 118 Å². The molecule has 7 nitrogen and oxygen atoms in total. The first-order chi connectivity index (χ1) is 13.2. The molecule has 0 aromatic carbocycles. The quantitative estimate of drug-likeness (QED) is 0.143.